The van der Waals surface area contributed by atoms with Crippen LogP contribution in [0.2, 0.25) is 0 Å². The molecule has 1 N–H and O–H groups in total. The number of allylic oxidation sites excluding steroid dienone is 1. The Hall–Kier alpha value is -1.05. The molecular formula is C18H32N2. The van der Waals surface area contributed by atoms with Crippen LogP contribution in [0.15, 0.2) is 18.9 Å². The van der Waals surface area contributed by atoms with Crippen molar-refractivity contribution in [2.24, 2.45) is 0 Å². The summed E-state index contributed by atoms with van der Waals surface area (Å²) in [6.45, 7) is 8.38. The second-order valence-electron chi connectivity index (χ2n) is 5.74. The number of aryl methyl sites for hydroxylation is 1. The van der Waals surface area contributed by atoms with E-state index in [0.717, 1.165) is 12.2 Å². The minimum absolute atomic E-state index is 0.447. The van der Waals surface area contributed by atoms with Gasteiger partial charge in [0.1, 0.15) is 5.82 Å². The standard InChI is InChI=1S/C18H32N2/c1-4-7-8-9-10-11-12-13-14-16(5-2)17-15-19-18(6-3)20-17/h5,15-16H,2,4,6-14H2,1,3H3,(H,19,20). The van der Waals surface area contributed by atoms with E-state index in [1.54, 1.807) is 0 Å². The summed E-state index contributed by atoms with van der Waals surface area (Å²) < 4.78 is 0. The number of hydrogen-bond donors (Lipinski definition) is 1. The van der Waals surface area contributed by atoms with Gasteiger partial charge in [-0.15, -0.1) is 6.58 Å². The Balaban J connectivity index is 2.14. The van der Waals surface area contributed by atoms with Gasteiger partial charge in [0.15, 0.2) is 0 Å². The number of H-pyrrole nitrogens is 1. The largest absolute Gasteiger partial charge is 0.345 e. The molecule has 1 rings (SSSR count). The predicted octanol–water partition coefficient (Wildman–Crippen LogP) is 5.77. The smallest absolute Gasteiger partial charge is 0.105 e. The second kappa shape index (κ2) is 10.7. The molecule has 0 spiro atoms. The zero-order chi connectivity index (χ0) is 14.6. The first kappa shape index (κ1) is 17.0. The van der Waals surface area contributed by atoms with Crippen LogP contribution in [-0.4, -0.2) is 9.97 Å². The van der Waals surface area contributed by atoms with E-state index in [1.807, 2.05) is 6.20 Å². The molecule has 114 valence electrons. The topological polar surface area (TPSA) is 28.7 Å². The summed E-state index contributed by atoms with van der Waals surface area (Å²) in [5.74, 6) is 1.53. The fourth-order valence-corrected chi connectivity index (χ4v) is 2.65. The van der Waals surface area contributed by atoms with Crippen LogP contribution in [0.1, 0.15) is 89.1 Å². The first-order valence-corrected chi connectivity index (χ1v) is 8.48. The molecule has 1 unspecified atom stereocenters. The molecule has 0 aliphatic heterocycles. The van der Waals surface area contributed by atoms with Crippen molar-refractivity contribution in [3.8, 4) is 0 Å². The summed E-state index contributed by atoms with van der Waals surface area (Å²) in [4.78, 5) is 7.79. The van der Waals surface area contributed by atoms with Crippen LogP contribution in [0.5, 0.6) is 0 Å². The summed E-state index contributed by atoms with van der Waals surface area (Å²) in [5, 5.41) is 0. The van der Waals surface area contributed by atoms with E-state index in [0.29, 0.717) is 5.92 Å². The van der Waals surface area contributed by atoms with Crippen LogP contribution in [0.25, 0.3) is 0 Å². The number of hydrogen-bond acceptors (Lipinski definition) is 1. The molecule has 1 aromatic heterocycles. The summed E-state index contributed by atoms with van der Waals surface area (Å²) in [7, 11) is 0. The van der Waals surface area contributed by atoms with Gasteiger partial charge < -0.3 is 4.98 Å². The minimum atomic E-state index is 0.447. The van der Waals surface area contributed by atoms with Crippen LogP contribution >= 0.6 is 0 Å². The Kier molecular flexibility index (Phi) is 9.10. The molecule has 0 radical (unpaired) electrons. The highest BCUT2D eigenvalue weighted by Crippen LogP contribution is 2.22. The predicted molar refractivity (Wildman–Crippen MR) is 88.1 cm³/mol. The van der Waals surface area contributed by atoms with Gasteiger partial charge in [-0.25, -0.2) is 4.98 Å². The van der Waals surface area contributed by atoms with Gasteiger partial charge in [0.2, 0.25) is 0 Å². The molecule has 1 atom stereocenters. The van der Waals surface area contributed by atoms with E-state index >= 15 is 0 Å². The van der Waals surface area contributed by atoms with Crippen molar-refractivity contribution < 1.29 is 0 Å². The lowest BCUT2D eigenvalue weighted by atomic mass is 9.97. The molecule has 0 aliphatic rings. The first-order chi connectivity index (χ1) is 9.81. The van der Waals surface area contributed by atoms with Crippen LogP contribution in [0.4, 0.5) is 0 Å². The molecule has 0 fully saturated rings. The zero-order valence-electron chi connectivity index (χ0n) is 13.5. The van der Waals surface area contributed by atoms with Gasteiger partial charge >= 0.3 is 0 Å². The quantitative estimate of drug-likeness (QED) is 0.381. The number of imidazole rings is 1. The van der Waals surface area contributed by atoms with Gasteiger partial charge in [-0.3, -0.25) is 0 Å². The maximum absolute atomic E-state index is 4.39. The molecule has 20 heavy (non-hydrogen) atoms. The van der Waals surface area contributed by atoms with Gasteiger partial charge in [0.05, 0.1) is 0 Å². The first-order valence-electron chi connectivity index (χ1n) is 8.48. The Bertz CT molecular complexity index is 354. The van der Waals surface area contributed by atoms with E-state index in [4.69, 9.17) is 0 Å². The van der Waals surface area contributed by atoms with Gasteiger partial charge in [-0.2, -0.15) is 0 Å². The van der Waals surface area contributed by atoms with E-state index in [1.165, 1.54) is 63.5 Å². The number of nitrogens with one attached hydrogen (secondary N) is 1. The molecule has 1 heterocycles. The normalized spacial score (nSPS) is 12.5. The average molecular weight is 276 g/mol. The maximum atomic E-state index is 4.39. The van der Waals surface area contributed by atoms with E-state index in [9.17, 15) is 0 Å². The molecule has 0 bridgehead atoms. The zero-order valence-corrected chi connectivity index (χ0v) is 13.5. The molecule has 0 saturated carbocycles. The third kappa shape index (κ3) is 6.40. The maximum Gasteiger partial charge on any atom is 0.105 e. The number of rotatable bonds is 12. The third-order valence-electron chi connectivity index (χ3n) is 4.04. The SMILES string of the molecule is C=CC(CCCCCCCCCC)c1cnc(CC)[nH]1. The molecule has 2 nitrogen and oxygen atoms in total. The van der Waals surface area contributed by atoms with Crippen LogP contribution in [0, 0.1) is 0 Å². The van der Waals surface area contributed by atoms with Crippen molar-refractivity contribution in [2.75, 3.05) is 0 Å². The number of aromatic nitrogens is 2. The second-order valence-corrected chi connectivity index (χ2v) is 5.74. The molecule has 2 heteroatoms. The van der Waals surface area contributed by atoms with Crippen LogP contribution in [-0.2, 0) is 6.42 Å². The van der Waals surface area contributed by atoms with Crippen molar-refractivity contribution in [1.82, 2.24) is 9.97 Å². The number of aromatic amines is 1. The molecular weight excluding hydrogens is 244 g/mol. The van der Waals surface area contributed by atoms with E-state index in [2.05, 4.69) is 36.5 Å². The van der Waals surface area contributed by atoms with E-state index in [-0.39, 0.29) is 0 Å². The van der Waals surface area contributed by atoms with E-state index < -0.39 is 0 Å². The Morgan fingerprint density at radius 2 is 1.75 bits per heavy atom. The van der Waals surface area contributed by atoms with Crippen molar-refractivity contribution in [2.45, 2.75) is 84.0 Å². The van der Waals surface area contributed by atoms with Gasteiger partial charge in [0, 0.05) is 24.2 Å². The molecule has 0 aliphatic carbocycles. The highest BCUT2D eigenvalue weighted by atomic mass is 14.9. The monoisotopic (exact) mass is 276 g/mol. The summed E-state index contributed by atoms with van der Waals surface area (Å²) in [6.07, 6.45) is 17.2. The van der Waals surface area contributed by atoms with Crippen molar-refractivity contribution >= 4 is 0 Å². The Morgan fingerprint density at radius 1 is 1.10 bits per heavy atom. The van der Waals surface area contributed by atoms with Gasteiger partial charge in [-0.05, 0) is 6.42 Å². The molecule has 1 aromatic rings. The summed E-state index contributed by atoms with van der Waals surface area (Å²) >= 11 is 0. The minimum Gasteiger partial charge on any atom is -0.345 e. The lowest BCUT2D eigenvalue weighted by molar-refractivity contribution is 0.552. The van der Waals surface area contributed by atoms with Crippen molar-refractivity contribution in [3.05, 3.63) is 30.4 Å². The van der Waals surface area contributed by atoms with Crippen LogP contribution in [0.3, 0.4) is 0 Å². The fraction of sp³-hybridized carbons (Fsp3) is 0.722. The Labute approximate surface area is 125 Å². The number of unbranched alkanes of at least 4 members (excludes halogenated alkanes) is 7. The summed E-state index contributed by atoms with van der Waals surface area (Å²) in [5.41, 5.74) is 1.24. The van der Waals surface area contributed by atoms with Gasteiger partial charge in [-0.1, -0.05) is 71.3 Å². The lowest BCUT2D eigenvalue weighted by Crippen LogP contribution is -1.96. The Morgan fingerprint density at radius 3 is 2.30 bits per heavy atom. The van der Waals surface area contributed by atoms with Crippen molar-refractivity contribution in [3.63, 3.8) is 0 Å². The van der Waals surface area contributed by atoms with Crippen LogP contribution < -0.4 is 0 Å². The highest BCUT2D eigenvalue weighted by Gasteiger charge is 2.09. The third-order valence-corrected chi connectivity index (χ3v) is 4.04. The molecule has 0 saturated heterocycles. The van der Waals surface area contributed by atoms with Gasteiger partial charge in [0.25, 0.3) is 0 Å². The summed E-state index contributed by atoms with van der Waals surface area (Å²) in [6, 6.07) is 0. The highest BCUT2D eigenvalue weighted by molar-refractivity contribution is 5.13. The fourth-order valence-electron chi connectivity index (χ4n) is 2.65. The molecule has 0 aromatic carbocycles. The lowest BCUT2D eigenvalue weighted by Gasteiger charge is -2.10. The van der Waals surface area contributed by atoms with Crippen molar-refractivity contribution in [1.29, 1.82) is 0 Å². The molecule has 0 amide bonds. The number of nitrogens with zero attached hydrogens (tertiary/aromatic N) is 1. The average Bonchev–Trinajstić information content (AvgIpc) is 2.94.